The molecule has 0 spiro atoms. The Bertz CT molecular complexity index is 1240. The minimum Gasteiger partial charge on any atom is -0.872 e. The third kappa shape index (κ3) is 2.92. The number of anilines is 2. The van der Waals surface area contributed by atoms with E-state index in [-0.39, 0.29) is 5.69 Å². The van der Waals surface area contributed by atoms with Gasteiger partial charge < -0.3 is 15.1 Å². The highest BCUT2D eigenvalue weighted by molar-refractivity contribution is 6.36. The Hall–Kier alpha value is -3.87. The van der Waals surface area contributed by atoms with Crippen molar-refractivity contribution in [1.82, 2.24) is 0 Å². The Labute approximate surface area is 178 Å². The molecule has 1 fully saturated rings. The molecule has 0 radical (unpaired) electrons. The van der Waals surface area contributed by atoms with E-state index >= 15 is 0 Å². The van der Waals surface area contributed by atoms with Gasteiger partial charge in [0.25, 0.3) is 11.8 Å². The van der Waals surface area contributed by atoms with Crippen LogP contribution in [0.15, 0.2) is 48.5 Å². The molecule has 5 rings (SSSR count). The second-order valence-corrected chi connectivity index (χ2v) is 7.84. The van der Waals surface area contributed by atoms with Crippen molar-refractivity contribution in [1.29, 1.82) is 0 Å². The van der Waals surface area contributed by atoms with Crippen LogP contribution in [0.1, 0.15) is 50.3 Å². The average Bonchev–Trinajstić information content (AvgIpc) is 2.78. The normalized spacial score (nSPS) is 16.1. The number of hydrogen-bond acceptors (Lipinski definition) is 5. The first-order valence-electron chi connectivity index (χ1n) is 10.2. The number of amides is 2. The highest BCUT2D eigenvalue weighted by Gasteiger charge is 2.35. The third-order valence-corrected chi connectivity index (χ3v) is 6.03. The fourth-order valence-electron chi connectivity index (χ4n) is 4.55. The number of nitrogens with zero attached hydrogens (tertiary/aromatic N) is 2. The lowest BCUT2D eigenvalue weighted by molar-refractivity contribution is -0.268. The van der Waals surface area contributed by atoms with Gasteiger partial charge in [-0.15, -0.1) is 0 Å². The summed E-state index contributed by atoms with van der Waals surface area (Å²) in [6, 6.07) is 12.5. The summed E-state index contributed by atoms with van der Waals surface area (Å²) in [5.41, 5.74) is 1.36. The number of carbonyl (C=O) groups excluding carboxylic acids is 2. The molecule has 31 heavy (non-hydrogen) atoms. The van der Waals surface area contributed by atoms with E-state index < -0.39 is 29.1 Å². The predicted molar refractivity (Wildman–Crippen MR) is 114 cm³/mol. The molecule has 0 atom stereocenters. The number of carbonyl (C=O) groups is 3. The van der Waals surface area contributed by atoms with Gasteiger partial charge in [0.1, 0.15) is 0 Å². The maximum absolute atomic E-state index is 13.3. The van der Waals surface area contributed by atoms with Gasteiger partial charge in [0.05, 0.1) is 11.3 Å². The van der Waals surface area contributed by atoms with Crippen LogP contribution in [-0.4, -0.2) is 36.0 Å². The van der Waals surface area contributed by atoms with Gasteiger partial charge in [-0.3, -0.25) is 9.59 Å². The highest BCUT2D eigenvalue weighted by atomic mass is 16.4. The Morgan fingerprint density at radius 1 is 0.903 bits per heavy atom. The number of benzene rings is 3. The van der Waals surface area contributed by atoms with Crippen LogP contribution < -0.4 is 14.9 Å². The van der Waals surface area contributed by atoms with Crippen molar-refractivity contribution in [3.8, 4) is 5.75 Å². The molecule has 2 aliphatic rings. The first-order chi connectivity index (χ1) is 15.0. The second-order valence-electron chi connectivity index (χ2n) is 7.84. The molecule has 0 bridgehead atoms. The molecule has 1 N–H and O–H groups in total. The summed E-state index contributed by atoms with van der Waals surface area (Å²) >= 11 is 0. The van der Waals surface area contributed by atoms with Crippen LogP contribution in [0.5, 0.6) is 5.75 Å². The largest absolute Gasteiger partial charge is 0.872 e. The summed E-state index contributed by atoms with van der Waals surface area (Å²) in [4.78, 5) is 41.3. The van der Waals surface area contributed by atoms with Crippen molar-refractivity contribution in [2.75, 3.05) is 22.9 Å². The molecule has 0 unspecified atom stereocenters. The zero-order chi connectivity index (χ0) is 21.7. The van der Waals surface area contributed by atoms with Gasteiger partial charge in [-0.05, 0) is 49.6 Å². The SMILES string of the molecule is O=C(O)c1cc(N2C(=O)c3cccc4c(N5CCCCC5)ccc(c34)C2=O)ccc1[O-]. The molecule has 2 heterocycles. The number of carboxylic acids is 1. The van der Waals surface area contributed by atoms with E-state index in [1.54, 1.807) is 18.2 Å². The summed E-state index contributed by atoms with van der Waals surface area (Å²) in [5.74, 6) is -3.15. The molecular weight excluding hydrogens is 396 g/mol. The summed E-state index contributed by atoms with van der Waals surface area (Å²) in [7, 11) is 0. The van der Waals surface area contributed by atoms with E-state index in [0.717, 1.165) is 54.0 Å². The number of aromatic carboxylic acids is 1. The number of hydrogen-bond donors (Lipinski definition) is 1. The molecule has 0 aliphatic carbocycles. The van der Waals surface area contributed by atoms with Crippen LogP contribution in [0.2, 0.25) is 0 Å². The lowest BCUT2D eigenvalue weighted by Crippen LogP contribution is -2.40. The van der Waals surface area contributed by atoms with E-state index in [1.165, 1.54) is 12.5 Å². The van der Waals surface area contributed by atoms with E-state index in [1.807, 2.05) is 12.1 Å². The Morgan fingerprint density at radius 2 is 1.61 bits per heavy atom. The molecule has 1 saturated heterocycles. The maximum atomic E-state index is 13.3. The Balaban J connectivity index is 1.66. The van der Waals surface area contributed by atoms with Gasteiger partial charge in [0.2, 0.25) is 0 Å². The van der Waals surface area contributed by atoms with Gasteiger partial charge in [-0.1, -0.05) is 23.9 Å². The summed E-state index contributed by atoms with van der Waals surface area (Å²) in [6.07, 6.45) is 3.41. The highest BCUT2D eigenvalue weighted by Crippen LogP contribution is 2.38. The van der Waals surface area contributed by atoms with Crippen LogP contribution >= 0.6 is 0 Å². The fraction of sp³-hybridized carbons (Fsp3) is 0.208. The molecule has 7 nitrogen and oxygen atoms in total. The minimum atomic E-state index is -1.41. The summed E-state index contributed by atoms with van der Waals surface area (Å²) in [5, 5.41) is 22.6. The van der Waals surface area contributed by atoms with Gasteiger partial charge in [0.15, 0.2) is 0 Å². The molecule has 0 saturated carbocycles. The summed E-state index contributed by atoms with van der Waals surface area (Å²) < 4.78 is 0. The standard InChI is InChI=1S/C24H20N2O5/c27-20-10-7-14(13-18(20)24(30)31)26-22(28)16-6-4-5-15-19(25-11-2-1-3-12-25)9-8-17(21(15)16)23(26)29/h4-10,13,27H,1-3,11-12H2,(H,30,31)/p-1. The van der Waals surface area contributed by atoms with Gasteiger partial charge in [0, 0.05) is 40.7 Å². The van der Waals surface area contributed by atoms with E-state index in [0.29, 0.717) is 16.5 Å². The molecule has 7 heteroatoms. The zero-order valence-electron chi connectivity index (χ0n) is 16.6. The van der Waals surface area contributed by atoms with E-state index in [2.05, 4.69) is 4.90 Å². The minimum absolute atomic E-state index is 0.0646. The molecule has 2 aliphatic heterocycles. The van der Waals surface area contributed by atoms with Gasteiger partial charge >= 0.3 is 5.97 Å². The topological polar surface area (TPSA) is 101 Å². The van der Waals surface area contributed by atoms with Crippen LogP contribution in [0.25, 0.3) is 10.8 Å². The van der Waals surface area contributed by atoms with Gasteiger partial charge in [-0.25, -0.2) is 9.69 Å². The van der Waals surface area contributed by atoms with Crippen LogP contribution in [0.3, 0.4) is 0 Å². The molecule has 2 amide bonds. The molecule has 156 valence electrons. The second kappa shape index (κ2) is 7.12. The predicted octanol–water partition coefficient (Wildman–Crippen LogP) is 3.40. The molecule has 0 aromatic heterocycles. The summed E-state index contributed by atoms with van der Waals surface area (Å²) in [6.45, 7) is 1.87. The lowest BCUT2D eigenvalue weighted by atomic mass is 9.92. The average molecular weight is 415 g/mol. The van der Waals surface area contributed by atoms with Crippen molar-refractivity contribution in [3.63, 3.8) is 0 Å². The molecular formula is C24H19N2O5-. The number of rotatable bonds is 3. The van der Waals surface area contributed by atoms with Crippen LogP contribution in [0, 0.1) is 0 Å². The van der Waals surface area contributed by atoms with Crippen molar-refractivity contribution in [2.24, 2.45) is 0 Å². The third-order valence-electron chi connectivity index (χ3n) is 6.03. The Kier molecular flexibility index (Phi) is 4.39. The van der Waals surface area contributed by atoms with E-state index in [4.69, 9.17) is 0 Å². The van der Waals surface area contributed by atoms with Crippen molar-refractivity contribution in [2.45, 2.75) is 19.3 Å². The zero-order valence-corrected chi connectivity index (χ0v) is 16.6. The van der Waals surface area contributed by atoms with Crippen LogP contribution in [-0.2, 0) is 0 Å². The molecule has 3 aromatic rings. The van der Waals surface area contributed by atoms with Crippen molar-refractivity contribution < 1.29 is 24.6 Å². The first-order valence-corrected chi connectivity index (χ1v) is 10.2. The lowest BCUT2D eigenvalue weighted by Gasteiger charge is -2.32. The smallest absolute Gasteiger partial charge is 0.335 e. The maximum Gasteiger partial charge on any atom is 0.335 e. The monoisotopic (exact) mass is 415 g/mol. The number of imide groups is 1. The number of carboxylic acid groups (broad SMARTS) is 1. The van der Waals surface area contributed by atoms with Crippen molar-refractivity contribution in [3.05, 3.63) is 65.2 Å². The van der Waals surface area contributed by atoms with Crippen molar-refractivity contribution >= 4 is 39.9 Å². The van der Waals surface area contributed by atoms with E-state index in [9.17, 15) is 24.6 Å². The quantitative estimate of drug-likeness (QED) is 0.658. The molecule has 3 aromatic carbocycles. The Morgan fingerprint density at radius 3 is 2.32 bits per heavy atom. The van der Waals surface area contributed by atoms with Crippen LogP contribution in [0.4, 0.5) is 11.4 Å². The number of piperidine rings is 1. The van der Waals surface area contributed by atoms with Gasteiger partial charge in [-0.2, -0.15) is 0 Å². The fourth-order valence-corrected chi connectivity index (χ4v) is 4.55. The first kappa shape index (κ1) is 19.1.